The highest BCUT2D eigenvalue weighted by molar-refractivity contribution is 7.89. The standard InChI is InChI=1S/C13H13ClN2O3S/c1-19-13-6-5-10(8-15-13)9-16-20(17,18)12-4-2-3-11(14)7-12/h2-8,16H,9H2,1H3. The molecule has 5 nitrogen and oxygen atoms in total. The number of aromatic nitrogens is 1. The third-order valence-corrected chi connectivity index (χ3v) is 4.21. The number of nitrogens with zero attached hydrogens (tertiary/aromatic N) is 1. The van der Waals surface area contributed by atoms with Crippen molar-refractivity contribution < 1.29 is 13.2 Å². The van der Waals surface area contributed by atoms with E-state index in [2.05, 4.69) is 9.71 Å². The van der Waals surface area contributed by atoms with Gasteiger partial charge in [0.25, 0.3) is 0 Å². The highest BCUT2D eigenvalue weighted by Gasteiger charge is 2.13. The number of ether oxygens (including phenoxy) is 1. The van der Waals surface area contributed by atoms with Crippen molar-refractivity contribution in [3.8, 4) is 5.88 Å². The van der Waals surface area contributed by atoms with Crippen LogP contribution < -0.4 is 9.46 Å². The first-order valence-electron chi connectivity index (χ1n) is 5.75. The Bertz CT molecular complexity index is 687. The maximum atomic E-state index is 12.1. The van der Waals surface area contributed by atoms with E-state index >= 15 is 0 Å². The van der Waals surface area contributed by atoms with Crippen LogP contribution in [0.15, 0.2) is 47.5 Å². The Labute approximate surface area is 122 Å². The van der Waals surface area contributed by atoms with E-state index < -0.39 is 10.0 Å². The maximum Gasteiger partial charge on any atom is 0.240 e. The van der Waals surface area contributed by atoms with Crippen LogP contribution in [-0.4, -0.2) is 20.5 Å². The molecule has 106 valence electrons. The number of halogens is 1. The smallest absolute Gasteiger partial charge is 0.240 e. The summed E-state index contributed by atoms with van der Waals surface area (Å²) in [6.45, 7) is 0.145. The minimum absolute atomic E-state index is 0.131. The van der Waals surface area contributed by atoms with Crippen molar-refractivity contribution >= 4 is 21.6 Å². The molecule has 0 fully saturated rings. The van der Waals surface area contributed by atoms with Crippen LogP contribution in [0.2, 0.25) is 5.02 Å². The molecular formula is C13H13ClN2O3S. The summed E-state index contributed by atoms with van der Waals surface area (Å²) in [5.74, 6) is 0.478. The van der Waals surface area contributed by atoms with Crippen molar-refractivity contribution in [1.82, 2.24) is 9.71 Å². The third kappa shape index (κ3) is 3.69. The lowest BCUT2D eigenvalue weighted by atomic mass is 10.3. The predicted octanol–water partition coefficient (Wildman–Crippen LogP) is 2.22. The van der Waals surface area contributed by atoms with Crippen LogP contribution in [0.4, 0.5) is 0 Å². The van der Waals surface area contributed by atoms with Gasteiger partial charge >= 0.3 is 0 Å². The van der Waals surface area contributed by atoms with Gasteiger partial charge in [0.15, 0.2) is 0 Å². The molecule has 1 N–H and O–H groups in total. The summed E-state index contributed by atoms with van der Waals surface area (Å²) in [6, 6.07) is 9.51. The molecule has 0 spiro atoms. The Hall–Kier alpha value is -1.63. The molecule has 2 rings (SSSR count). The van der Waals surface area contributed by atoms with Crippen LogP contribution in [0.3, 0.4) is 0 Å². The minimum Gasteiger partial charge on any atom is -0.481 e. The van der Waals surface area contributed by atoms with Gasteiger partial charge in [-0.1, -0.05) is 23.7 Å². The lowest BCUT2D eigenvalue weighted by molar-refractivity contribution is 0.397. The number of methoxy groups -OCH3 is 1. The maximum absolute atomic E-state index is 12.1. The molecular weight excluding hydrogens is 300 g/mol. The second-order valence-corrected chi connectivity index (χ2v) is 6.19. The summed E-state index contributed by atoms with van der Waals surface area (Å²) in [6.07, 6.45) is 1.55. The van der Waals surface area contributed by atoms with Crippen molar-refractivity contribution in [2.75, 3.05) is 7.11 Å². The fraction of sp³-hybridized carbons (Fsp3) is 0.154. The van der Waals surface area contributed by atoms with E-state index in [0.717, 1.165) is 5.56 Å². The molecule has 0 bridgehead atoms. The molecule has 1 aromatic heterocycles. The molecule has 7 heteroatoms. The van der Waals surface area contributed by atoms with Crippen molar-refractivity contribution in [1.29, 1.82) is 0 Å². The number of pyridine rings is 1. The number of nitrogens with one attached hydrogen (secondary N) is 1. The zero-order valence-corrected chi connectivity index (χ0v) is 12.3. The summed E-state index contributed by atoms with van der Waals surface area (Å²) >= 11 is 5.79. The summed E-state index contributed by atoms with van der Waals surface area (Å²) in [4.78, 5) is 4.14. The van der Waals surface area contributed by atoms with E-state index in [-0.39, 0.29) is 11.4 Å². The molecule has 0 aliphatic carbocycles. The zero-order valence-electron chi connectivity index (χ0n) is 10.7. The van der Waals surface area contributed by atoms with Crippen LogP contribution in [0.5, 0.6) is 5.88 Å². The average Bonchev–Trinajstić information content (AvgIpc) is 2.46. The molecule has 1 aromatic carbocycles. The largest absolute Gasteiger partial charge is 0.481 e. The number of benzene rings is 1. The van der Waals surface area contributed by atoms with Gasteiger partial charge in [-0.15, -0.1) is 0 Å². The molecule has 20 heavy (non-hydrogen) atoms. The molecule has 0 unspecified atom stereocenters. The Morgan fingerprint density at radius 2 is 2.10 bits per heavy atom. The van der Waals surface area contributed by atoms with Gasteiger partial charge in [-0.3, -0.25) is 0 Å². The highest BCUT2D eigenvalue weighted by Crippen LogP contribution is 2.15. The molecule has 0 aliphatic heterocycles. The lowest BCUT2D eigenvalue weighted by Gasteiger charge is -2.07. The molecule has 0 saturated carbocycles. The molecule has 0 saturated heterocycles. The summed E-state index contributed by atoms with van der Waals surface area (Å²) in [7, 11) is -2.07. The van der Waals surface area contributed by atoms with Gasteiger partial charge in [-0.25, -0.2) is 18.1 Å². The monoisotopic (exact) mass is 312 g/mol. The van der Waals surface area contributed by atoms with Crippen LogP contribution in [-0.2, 0) is 16.6 Å². The molecule has 0 aliphatic rings. The van der Waals surface area contributed by atoms with Crippen molar-refractivity contribution in [3.63, 3.8) is 0 Å². The molecule has 1 heterocycles. The second-order valence-electron chi connectivity index (χ2n) is 3.99. The van der Waals surface area contributed by atoms with Crippen molar-refractivity contribution in [2.45, 2.75) is 11.4 Å². The number of hydrogen-bond acceptors (Lipinski definition) is 4. The van der Waals surface area contributed by atoms with Crippen LogP contribution in [0, 0.1) is 0 Å². The Balaban J connectivity index is 2.09. The quantitative estimate of drug-likeness (QED) is 0.919. The van der Waals surface area contributed by atoms with E-state index in [1.807, 2.05) is 0 Å². The van der Waals surface area contributed by atoms with E-state index in [1.165, 1.54) is 19.2 Å². The van der Waals surface area contributed by atoms with Crippen molar-refractivity contribution in [3.05, 3.63) is 53.2 Å². The Morgan fingerprint density at radius 3 is 2.70 bits per heavy atom. The minimum atomic E-state index is -3.59. The second kappa shape index (κ2) is 6.21. The summed E-state index contributed by atoms with van der Waals surface area (Å²) in [5, 5.41) is 0.374. The van der Waals surface area contributed by atoms with Gasteiger partial charge in [0.05, 0.1) is 12.0 Å². The topological polar surface area (TPSA) is 68.3 Å². The number of hydrogen-bond donors (Lipinski definition) is 1. The first kappa shape index (κ1) is 14.8. The zero-order chi connectivity index (χ0) is 14.6. The summed E-state index contributed by atoms with van der Waals surface area (Å²) < 4.78 is 31.6. The molecule has 0 atom stereocenters. The normalized spacial score (nSPS) is 11.3. The van der Waals surface area contributed by atoms with Gasteiger partial charge in [0.1, 0.15) is 0 Å². The predicted molar refractivity (Wildman–Crippen MR) is 76.3 cm³/mol. The van der Waals surface area contributed by atoms with E-state index in [1.54, 1.807) is 30.5 Å². The van der Waals surface area contributed by atoms with Gasteiger partial charge in [-0.05, 0) is 23.8 Å². The SMILES string of the molecule is COc1ccc(CNS(=O)(=O)c2cccc(Cl)c2)cn1. The van der Waals surface area contributed by atoms with E-state index in [9.17, 15) is 8.42 Å². The van der Waals surface area contributed by atoms with Gasteiger partial charge in [0, 0.05) is 23.8 Å². The van der Waals surface area contributed by atoms with E-state index in [4.69, 9.17) is 16.3 Å². The number of sulfonamides is 1. The average molecular weight is 313 g/mol. The molecule has 0 radical (unpaired) electrons. The Kier molecular flexibility index (Phi) is 4.59. The number of rotatable bonds is 5. The first-order valence-corrected chi connectivity index (χ1v) is 7.61. The van der Waals surface area contributed by atoms with Crippen LogP contribution in [0.25, 0.3) is 0 Å². The van der Waals surface area contributed by atoms with Crippen molar-refractivity contribution in [2.24, 2.45) is 0 Å². The van der Waals surface area contributed by atoms with Gasteiger partial charge < -0.3 is 4.74 Å². The fourth-order valence-corrected chi connectivity index (χ4v) is 2.85. The molecule has 0 amide bonds. The van der Waals surface area contributed by atoms with Gasteiger partial charge in [-0.2, -0.15) is 0 Å². The van der Waals surface area contributed by atoms with Crippen LogP contribution in [0.1, 0.15) is 5.56 Å². The van der Waals surface area contributed by atoms with Gasteiger partial charge in [0.2, 0.25) is 15.9 Å². The molecule has 2 aromatic rings. The first-order chi connectivity index (χ1) is 9.51. The van der Waals surface area contributed by atoms with E-state index in [0.29, 0.717) is 10.9 Å². The third-order valence-electron chi connectivity index (χ3n) is 2.58. The summed E-state index contributed by atoms with van der Waals surface area (Å²) in [5.41, 5.74) is 0.733. The Morgan fingerprint density at radius 1 is 1.30 bits per heavy atom. The highest BCUT2D eigenvalue weighted by atomic mass is 35.5. The fourth-order valence-electron chi connectivity index (χ4n) is 1.53. The lowest BCUT2D eigenvalue weighted by Crippen LogP contribution is -2.23. The van der Waals surface area contributed by atoms with Crippen LogP contribution >= 0.6 is 11.6 Å².